The number of aromatic nitrogens is 4. The summed E-state index contributed by atoms with van der Waals surface area (Å²) in [5.41, 5.74) is 11.0. The van der Waals surface area contributed by atoms with Gasteiger partial charge in [0, 0.05) is 22.5 Å². The van der Waals surface area contributed by atoms with Crippen molar-refractivity contribution in [3.63, 3.8) is 0 Å². The lowest BCUT2D eigenvalue weighted by molar-refractivity contribution is 0.762. The molecule has 3 aromatic carbocycles. The van der Waals surface area contributed by atoms with E-state index in [1.807, 2.05) is 72.3 Å². The van der Waals surface area contributed by atoms with Crippen LogP contribution in [0.1, 0.15) is 22.9 Å². The number of fused-ring (bicyclic) bond motifs is 1. The van der Waals surface area contributed by atoms with Crippen molar-refractivity contribution in [1.29, 1.82) is 0 Å². The Hall–Kier alpha value is -3.41. The number of nitrogens with two attached hydrogens (primary N) is 1. The number of benzene rings is 3. The van der Waals surface area contributed by atoms with Gasteiger partial charge in [-0.3, -0.25) is 0 Å². The normalized spacial score (nSPS) is 12.2. The summed E-state index contributed by atoms with van der Waals surface area (Å²) in [5, 5.41) is 10.8. The largest absolute Gasteiger partial charge is 0.384 e. The van der Waals surface area contributed by atoms with Crippen LogP contribution in [0.15, 0.2) is 79.1 Å². The van der Waals surface area contributed by atoms with Gasteiger partial charge in [-0.05, 0) is 64.7 Å². The maximum absolute atomic E-state index is 6.27. The molecule has 0 spiro atoms. The third-order valence-corrected chi connectivity index (χ3v) is 6.02. The van der Waals surface area contributed by atoms with Crippen molar-refractivity contribution in [3.8, 4) is 11.1 Å². The smallest absolute Gasteiger partial charge is 0.144 e. The molecule has 0 fully saturated rings. The van der Waals surface area contributed by atoms with E-state index < -0.39 is 0 Å². The first-order valence-electron chi connectivity index (χ1n) is 10.0. The van der Waals surface area contributed by atoms with Crippen molar-refractivity contribution >= 4 is 39.9 Å². The Kier molecular flexibility index (Phi) is 5.29. The number of anilines is 1. The molecule has 0 aliphatic heterocycles. The fraction of sp³-hybridized carbons (Fsp3) is 0.0800. The minimum atomic E-state index is -0.131. The molecule has 2 heterocycles. The predicted molar refractivity (Wildman–Crippen MR) is 130 cm³/mol. The summed E-state index contributed by atoms with van der Waals surface area (Å²) in [5.74, 6) is 1.16. The number of rotatable bonds is 4. The topological polar surface area (TPSA) is 69.6 Å². The van der Waals surface area contributed by atoms with E-state index in [2.05, 4.69) is 27.3 Å². The number of pyridine rings is 1. The van der Waals surface area contributed by atoms with Crippen LogP contribution >= 0.6 is 23.2 Å². The van der Waals surface area contributed by atoms with Crippen molar-refractivity contribution in [3.05, 3.63) is 106 Å². The van der Waals surface area contributed by atoms with E-state index in [1.54, 1.807) is 6.33 Å². The third kappa shape index (κ3) is 3.81. The molecule has 5 nitrogen and oxygen atoms in total. The first kappa shape index (κ1) is 20.5. The van der Waals surface area contributed by atoms with Crippen molar-refractivity contribution in [2.75, 3.05) is 5.73 Å². The molecule has 0 saturated carbocycles. The number of hydrogen-bond acceptors (Lipinski definition) is 4. The van der Waals surface area contributed by atoms with Crippen LogP contribution in [-0.4, -0.2) is 19.7 Å². The Balaban J connectivity index is 1.75. The van der Waals surface area contributed by atoms with Crippen LogP contribution in [0.2, 0.25) is 10.0 Å². The van der Waals surface area contributed by atoms with Crippen molar-refractivity contribution in [2.45, 2.75) is 5.92 Å². The first-order chi connectivity index (χ1) is 15.5. The summed E-state index contributed by atoms with van der Waals surface area (Å²) in [6, 6.07) is 23.6. The highest BCUT2D eigenvalue weighted by Gasteiger charge is 2.22. The van der Waals surface area contributed by atoms with Crippen LogP contribution in [-0.2, 0) is 7.05 Å². The molecular weight excluding hydrogens is 441 g/mol. The van der Waals surface area contributed by atoms with Crippen molar-refractivity contribution < 1.29 is 0 Å². The van der Waals surface area contributed by atoms with Crippen LogP contribution in [0, 0.1) is 0 Å². The van der Waals surface area contributed by atoms with Gasteiger partial charge in [0.15, 0.2) is 0 Å². The number of nitrogens with zero attached hydrogens (tertiary/aromatic N) is 4. The summed E-state index contributed by atoms with van der Waals surface area (Å²) in [7, 11) is 1.94. The highest BCUT2D eigenvalue weighted by atomic mass is 35.5. The standard InChI is InChI=1S/C25H19Cl2N5/c1-32-14-29-31-25(32)24(15-5-8-18(26)9-6-15)17-7-10-22-21(12-17)20(13-23(28)30-22)16-3-2-4-19(27)11-16/h2-14,24H,1H3,(H2,28,30). The molecule has 2 aromatic heterocycles. The van der Waals surface area contributed by atoms with Crippen LogP contribution in [0.5, 0.6) is 0 Å². The first-order valence-corrected chi connectivity index (χ1v) is 10.8. The maximum atomic E-state index is 6.27. The second-order valence-electron chi connectivity index (χ2n) is 7.67. The monoisotopic (exact) mass is 459 g/mol. The molecule has 5 rings (SSSR count). The Labute approximate surface area is 195 Å². The van der Waals surface area contributed by atoms with E-state index in [1.165, 1.54) is 0 Å². The van der Waals surface area contributed by atoms with E-state index in [0.717, 1.165) is 39.0 Å². The van der Waals surface area contributed by atoms with Crippen LogP contribution < -0.4 is 5.73 Å². The minimum Gasteiger partial charge on any atom is -0.384 e. The van der Waals surface area contributed by atoms with Crippen molar-refractivity contribution in [2.24, 2.45) is 7.05 Å². The Morgan fingerprint density at radius 1 is 0.875 bits per heavy atom. The molecule has 0 amide bonds. The van der Waals surface area contributed by atoms with E-state index in [9.17, 15) is 0 Å². The Morgan fingerprint density at radius 2 is 1.66 bits per heavy atom. The summed E-state index contributed by atoms with van der Waals surface area (Å²) in [6.45, 7) is 0. The zero-order valence-electron chi connectivity index (χ0n) is 17.2. The Bertz CT molecular complexity index is 1430. The molecule has 32 heavy (non-hydrogen) atoms. The zero-order valence-corrected chi connectivity index (χ0v) is 18.7. The summed E-state index contributed by atoms with van der Waals surface area (Å²) >= 11 is 12.4. The molecule has 5 aromatic rings. The molecule has 0 radical (unpaired) electrons. The summed E-state index contributed by atoms with van der Waals surface area (Å²) in [4.78, 5) is 4.54. The molecule has 0 aliphatic rings. The van der Waals surface area contributed by atoms with Gasteiger partial charge in [0.1, 0.15) is 18.0 Å². The average molecular weight is 460 g/mol. The molecule has 2 N–H and O–H groups in total. The van der Waals surface area contributed by atoms with Gasteiger partial charge in [0.05, 0.1) is 11.4 Å². The quantitative estimate of drug-likeness (QED) is 0.352. The fourth-order valence-corrected chi connectivity index (χ4v) is 4.35. The van der Waals surface area contributed by atoms with E-state index >= 15 is 0 Å². The van der Waals surface area contributed by atoms with Crippen LogP contribution in [0.25, 0.3) is 22.0 Å². The van der Waals surface area contributed by atoms with E-state index in [-0.39, 0.29) is 5.92 Å². The van der Waals surface area contributed by atoms with E-state index in [4.69, 9.17) is 28.9 Å². The summed E-state index contributed by atoms with van der Waals surface area (Å²) < 4.78 is 1.93. The lowest BCUT2D eigenvalue weighted by Gasteiger charge is -2.19. The van der Waals surface area contributed by atoms with Gasteiger partial charge in [0.25, 0.3) is 0 Å². The van der Waals surface area contributed by atoms with Gasteiger partial charge in [-0.15, -0.1) is 10.2 Å². The minimum absolute atomic E-state index is 0.131. The fourth-order valence-electron chi connectivity index (χ4n) is 4.04. The van der Waals surface area contributed by atoms with Gasteiger partial charge in [-0.2, -0.15) is 0 Å². The SMILES string of the molecule is Cn1cnnc1C(c1ccc(Cl)cc1)c1ccc2nc(N)cc(-c3cccc(Cl)c3)c2c1. The molecular formula is C25H19Cl2N5. The second kappa shape index (κ2) is 8.26. The van der Waals surface area contributed by atoms with Gasteiger partial charge >= 0.3 is 0 Å². The lowest BCUT2D eigenvalue weighted by Crippen LogP contribution is -2.10. The molecule has 7 heteroatoms. The number of aryl methyl sites for hydroxylation is 1. The zero-order chi connectivity index (χ0) is 22.2. The van der Waals surface area contributed by atoms with Gasteiger partial charge in [-0.25, -0.2) is 4.98 Å². The lowest BCUT2D eigenvalue weighted by atomic mass is 9.88. The molecule has 1 unspecified atom stereocenters. The van der Waals surface area contributed by atoms with Gasteiger partial charge in [0.2, 0.25) is 0 Å². The summed E-state index contributed by atoms with van der Waals surface area (Å²) in [6.07, 6.45) is 1.71. The third-order valence-electron chi connectivity index (χ3n) is 5.53. The van der Waals surface area contributed by atoms with Gasteiger partial charge in [-0.1, -0.05) is 53.5 Å². The highest BCUT2D eigenvalue weighted by molar-refractivity contribution is 6.31. The maximum Gasteiger partial charge on any atom is 0.144 e. The molecule has 0 aliphatic carbocycles. The highest BCUT2D eigenvalue weighted by Crippen LogP contribution is 2.36. The average Bonchev–Trinajstić information content (AvgIpc) is 3.20. The number of hydrogen-bond donors (Lipinski definition) is 1. The molecule has 158 valence electrons. The molecule has 0 saturated heterocycles. The van der Waals surface area contributed by atoms with Crippen molar-refractivity contribution in [1.82, 2.24) is 19.7 Å². The number of halogens is 2. The second-order valence-corrected chi connectivity index (χ2v) is 8.54. The van der Waals surface area contributed by atoms with E-state index in [0.29, 0.717) is 15.9 Å². The van der Waals surface area contributed by atoms with Crippen LogP contribution in [0.4, 0.5) is 5.82 Å². The van der Waals surface area contributed by atoms with Crippen LogP contribution in [0.3, 0.4) is 0 Å². The molecule has 0 bridgehead atoms. The Morgan fingerprint density at radius 3 is 2.38 bits per heavy atom. The predicted octanol–water partition coefficient (Wildman–Crippen LogP) is 6.10. The van der Waals surface area contributed by atoms with Gasteiger partial charge < -0.3 is 10.3 Å². The molecule has 1 atom stereocenters. The number of nitrogen functional groups attached to an aromatic ring is 1.